The van der Waals surface area contributed by atoms with Crippen molar-refractivity contribution in [3.63, 3.8) is 0 Å². The van der Waals surface area contributed by atoms with Gasteiger partial charge in [0.2, 0.25) is 0 Å². The van der Waals surface area contributed by atoms with Gasteiger partial charge < -0.3 is 4.74 Å². The molecule has 0 radical (unpaired) electrons. The van der Waals surface area contributed by atoms with Crippen molar-refractivity contribution in [3.8, 4) is 5.75 Å². The Kier molecular flexibility index (Phi) is 2.21. The molecule has 1 aliphatic heterocycles. The molecule has 3 unspecified atom stereocenters. The molecular formula is C20H20O. The van der Waals surface area contributed by atoms with Crippen LogP contribution in [0.4, 0.5) is 0 Å². The number of rotatable bonds is 0. The van der Waals surface area contributed by atoms with Gasteiger partial charge in [0.15, 0.2) is 0 Å². The zero-order valence-corrected chi connectivity index (χ0v) is 12.4. The molecule has 2 aromatic carbocycles. The average molecular weight is 276 g/mol. The Balaban J connectivity index is 1.71. The third kappa shape index (κ3) is 1.52. The molecule has 1 heterocycles. The van der Waals surface area contributed by atoms with Crippen molar-refractivity contribution >= 4 is 16.3 Å². The van der Waals surface area contributed by atoms with Crippen LogP contribution >= 0.6 is 0 Å². The third-order valence-electron chi connectivity index (χ3n) is 5.89. The van der Waals surface area contributed by atoms with Crippen LogP contribution in [-0.4, -0.2) is 5.60 Å². The fourth-order valence-corrected chi connectivity index (χ4v) is 5.04. The first kappa shape index (κ1) is 11.9. The number of benzene rings is 2. The van der Waals surface area contributed by atoms with Crippen LogP contribution in [0, 0.1) is 11.8 Å². The minimum absolute atomic E-state index is 0.00244. The number of ether oxygens (including phenoxy) is 1. The Morgan fingerprint density at radius 2 is 2.00 bits per heavy atom. The van der Waals surface area contributed by atoms with Gasteiger partial charge in [0.1, 0.15) is 11.4 Å². The molecule has 2 bridgehead atoms. The van der Waals surface area contributed by atoms with Crippen molar-refractivity contribution in [2.45, 2.75) is 38.2 Å². The van der Waals surface area contributed by atoms with Crippen LogP contribution < -0.4 is 4.74 Å². The van der Waals surface area contributed by atoms with Crippen molar-refractivity contribution in [1.29, 1.82) is 0 Å². The first-order valence-electron chi connectivity index (χ1n) is 8.16. The Morgan fingerprint density at radius 3 is 2.81 bits per heavy atom. The van der Waals surface area contributed by atoms with Gasteiger partial charge in [-0.3, -0.25) is 0 Å². The Labute approximate surface area is 125 Å². The number of allylic oxidation sites excluding steroid dienone is 1. The van der Waals surface area contributed by atoms with Crippen LogP contribution in [0.1, 0.15) is 38.2 Å². The number of hydrogen-bond acceptors (Lipinski definition) is 1. The lowest BCUT2D eigenvalue weighted by molar-refractivity contribution is 0.0575. The predicted molar refractivity (Wildman–Crippen MR) is 86.4 cm³/mol. The van der Waals surface area contributed by atoms with Crippen molar-refractivity contribution in [2.75, 3.05) is 0 Å². The lowest BCUT2D eigenvalue weighted by Gasteiger charge is -2.40. The summed E-state index contributed by atoms with van der Waals surface area (Å²) in [4.78, 5) is 0. The van der Waals surface area contributed by atoms with Crippen LogP contribution in [0.25, 0.3) is 16.3 Å². The minimum Gasteiger partial charge on any atom is -0.482 e. The fraction of sp³-hybridized carbons (Fsp3) is 0.400. The Hall–Kier alpha value is -1.76. The van der Waals surface area contributed by atoms with Crippen molar-refractivity contribution in [2.24, 2.45) is 11.8 Å². The molecule has 3 atom stereocenters. The van der Waals surface area contributed by atoms with Gasteiger partial charge in [-0.1, -0.05) is 30.3 Å². The van der Waals surface area contributed by atoms with Gasteiger partial charge in [-0.05, 0) is 67.0 Å². The van der Waals surface area contributed by atoms with Gasteiger partial charge in [-0.25, -0.2) is 0 Å². The van der Waals surface area contributed by atoms with Gasteiger partial charge in [-0.2, -0.15) is 0 Å². The number of hydrogen-bond donors (Lipinski definition) is 0. The van der Waals surface area contributed by atoms with Gasteiger partial charge in [-0.15, -0.1) is 0 Å². The molecule has 5 rings (SSSR count). The minimum atomic E-state index is 0.00244. The molecule has 1 heteroatoms. The molecule has 0 aromatic heterocycles. The molecule has 1 spiro atoms. The normalized spacial score (nSPS) is 33.1. The molecule has 3 aliphatic rings. The molecule has 2 saturated carbocycles. The molecule has 1 nitrogen and oxygen atoms in total. The van der Waals surface area contributed by atoms with E-state index in [0.717, 1.165) is 17.6 Å². The average Bonchev–Trinajstić information content (AvgIpc) is 3.07. The predicted octanol–water partition coefficient (Wildman–Crippen LogP) is 5.19. The standard InChI is InChI=1S/C20H20O/c1-13-11-20(12-14-6-8-16(20)10-14)21-18-9-7-15-4-2-3-5-17(15)19(13)18/h2-5,7,9,11,14,16H,6,8,10,12H2,1H3. The molecule has 0 N–H and O–H groups in total. The maximum atomic E-state index is 6.62. The van der Waals surface area contributed by atoms with Crippen LogP contribution in [0.3, 0.4) is 0 Å². The highest BCUT2D eigenvalue weighted by molar-refractivity contribution is 5.97. The van der Waals surface area contributed by atoms with Crippen LogP contribution in [-0.2, 0) is 0 Å². The van der Waals surface area contributed by atoms with E-state index in [-0.39, 0.29) is 5.60 Å². The zero-order valence-electron chi connectivity index (χ0n) is 12.4. The monoisotopic (exact) mass is 276 g/mol. The topological polar surface area (TPSA) is 9.23 Å². The quantitative estimate of drug-likeness (QED) is 0.643. The summed E-state index contributed by atoms with van der Waals surface area (Å²) < 4.78 is 6.62. The smallest absolute Gasteiger partial charge is 0.131 e. The highest BCUT2D eigenvalue weighted by atomic mass is 16.5. The van der Waals surface area contributed by atoms with E-state index >= 15 is 0 Å². The summed E-state index contributed by atoms with van der Waals surface area (Å²) in [5, 5.41) is 2.62. The van der Waals surface area contributed by atoms with E-state index < -0.39 is 0 Å². The second-order valence-electron chi connectivity index (χ2n) is 7.12. The summed E-state index contributed by atoms with van der Waals surface area (Å²) in [5.41, 5.74) is 2.71. The summed E-state index contributed by atoms with van der Waals surface area (Å²) in [5.74, 6) is 2.72. The molecule has 2 aromatic rings. The van der Waals surface area contributed by atoms with E-state index in [0.29, 0.717) is 0 Å². The van der Waals surface area contributed by atoms with Crippen molar-refractivity contribution in [3.05, 3.63) is 48.0 Å². The highest BCUT2D eigenvalue weighted by Crippen LogP contribution is 2.56. The molecule has 0 amide bonds. The largest absolute Gasteiger partial charge is 0.482 e. The summed E-state index contributed by atoms with van der Waals surface area (Å²) >= 11 is 0. The third-order valence-corrected chi connectivity index (χ3v) is 5.89. The van der Waals surface area contributed by atoms with Crippen molar-refractivity contribution < 1.29 is 4.74 Å². The first-order chi connectivity index (χ1) is 10.3. The summed E-state index contributed by atoms with van der Waals surface area (Å²) in [6, 6.07) is 13.0. The molecule has 2 aliphatic carbocycles. The Morgan fingerprint density at radius 1 is 1.10 bits per heavy atom. The number of fused-ring (bicyclic) bond motifs is 6. The van der Waals surface area contributed by atoms with E-state index in [1.165, 1.54) is 47.6 Å². The van der Waals surface area contributed by atoms with Gasteiger partial charge in [0.25, 0.3) is 0 Å². The Bertz CT molecular complexity index is 773. The molecule has 106 valence electrons. The van der Waals surface area contributed by atoms with Gasteiger partial charge >= 0.3 is 0 Å². The zero-order chi connectivity index (χ0) is 14.0. The molecular weight excluding hydrogens is 256 g/mol. The summed E-state index contributed by atoms with van der Waals surface area (Å²) in [6.45, 7) is 2.27. The molecule has 2 fully saturated rings. The van der Waals surface area contributed by atoms with Gasteiger partial charge in [0.05, 0.1) is 0 Å². The van der Waals surface area contributed by atoms with E-state index in [4.69, 9.17) is 4.74 Å². The van der Waals surface area contributed by atoms with Crippen LogP contribution in [0.5, 0.6) is 5.75 Å². The second-order valence-corrected chi connectivity index (χ2v) is 7.12. The van der Waals surface area contributed by atoms with E-state index in [1.807, 2.05) is 0 Å². The summed E-state index contributed by atoms with van der Waals surface area (Å²) in [6.07, 6.45) is 7.80. The first-order valence-corrected chi connectivity index (χ1v) is 8.16. The highest BCUT2D eigenvalue weighted by Gasteiger charge is 2.53. The molecule has 21 heavy (non-hydrogen) atoms. The molecule has 0 saturated heterocycles. The maximum Gasteiger partial charge on any atom is 0.131 e. The SMILES string of the molecule is CC1=CC2(CC3CCC2C3)Oc2ccc3ccccc3c21. The summed E-state index contributed by atoms with van der Waals surface area (Å²) in [7, 11) is 0. The van der Waals surface area contributed by atoms with Gasteiger partial charge in [0, 0.05) is 11.5 Å². The van der Waals surface area contributed by atoms with E-state index in [1.54, 1.807) is 0 Å². The van der Waals surface area contributed by atoms with Crippen LogP contribution in [0.15, 0.2) is 42.5 Å². The lowest BCUT2D eigenvalue weighted by atomic mass is 9.79. The van der Waals surface area contributed by atoms with E-state index in [9.17, 15) is 0 Å². The fourth-order valence-electron chi connectivity index (χ4n) is 5.04. The van der Waals surface area contributed by atoms with E-state index in [2.05, 4.69) is 49.4 Å². The van der Waals surface area contributed by atoms with Crippen molar-refractivity contribution in [1.82, 2.24) is 0 Å². The maximum absolute atomic E-state index is 6.62. The van der Waals surface area contributed by atoms with Crippen LogP contribution in [0.2, 0.25) is 0 Å². The second kappa shape index (κ2) is 3.91. The lowest BCUT2D eigenvalue weighted by Crippen LogP contribution is -2.41.